The van der Waals surface area contributed by atoms with Crippen molar-refractivity contribution in [2.24, 2.45) is 5.92 Å². The fourth-order valence-electron chi connectivity index (χ4n) is 2.66. The highest BCUT2D eigenvalue weighted by atomic mass is 35.5. The van der Waals surface area contributed by atoms with Gasteiger partial charge < -0.3 is 5.32 Å². The van der Waals surface area contributed by atoms with E-state index in [1.807, 2.05) is 0 Å². The average Bonchev–Trinajstić information content (AvgIpc) is 3.10. The van der Waals surface area contributed by atoms with Crippen LogP contribution in [0.3, 0.4) is 0 Å². The number of carbonyl (C=O) groups is 1. The minimum atomic E-state index is -3.74. The third kappa shape index (κ3) is 4.15. The molecule has 134 valence electrons. The van der Waals surface area contributed by atoms with Gasteiger partial charge in [0.1, 0.15) is 4.90 Å². The summed E-state index contributed by atoms with van der Waals surface area (Å²) in [6.45, 7) is 0.502. The number of piperidine rings is 1. The number of hydrogen-bond donors (Lipinski definition) is 1. The van der Waals surface area contributed by atoms with Crippen LogP contribution in [0.4, 0.5) is 5.13 Å². The van der Waals surface area contributed by atoms with E-state index in [4.69, 9.17) is 23.2 Å². The number of anilines is 1. The Morgan fingerprint density at radius 3 is 2.64 bits per heavy atom. The van der Waals surface area contributed by atoms with Gasteiger partial charge in [-0.15, -0.1) is 11.3 Å². The van der Waals surface area contributed by atoms with Gasteiger partial charge in [0.25, 0.3) is 0 Å². The van der Waals surface area contributed by atoms with Crippen LogP contribution in [0.1, 0.15) is 12.8 Å². The van der Waals surface area contributed by atoms with Crippen molar-refractivity contribution in [2.45, 2.75) is 17.7 Å². The highest BCUT2D eigenvalue weighted by Gasteiger charge is 2.33. The van der Waals surface area contributed by atoms with E-state index < -0.39 is 10.0 Å². The lowest BCUT2D eigenvalue weighted by molar-refractivity contribution is -0.120. The molecule has 10 heteroatoms. The monoisotopic (exact) mass is 419 g/mol. The smallest absolute Gasteiger partial charge is 0.244 e. The van der Waals surface area contributed by atoms with E-state index in [1.165, 1.54) is 33.8 Å². The number of carbonyl (C=O) groups excluding carboxylic acids is 1. The van der Waals surface area contributed by atoms with Crippen LogP contribution in [0.15, 0.2) is 34.7 Å². The summed E-state index contributed by atoms with van der Waals surface area (Å²) < 4.78 is 26.9. The van der Waals surface area contributed by atoms with E-state index in [0.717, 1.165) is 0 Å². The summed E-state index contributed by atoms with van der Waals surface area (Å²) in [4.78, 5) is 16.2. The van der Waals surface area contributed by atoms with Gasteiger partial charge in [0.2, 0.25) is 15.9 Å². The Labute approximate surface area is 159 Å². The summed E-state index contributed by atoms with van der Waals surface area (Å²) in [5, 5.41) is 5.52. The van der Waals surface area contributed by atoms with Crippen molar-refractivity contribution < 1.29 is 13.2 Å². The second kappa shape index (κ2) is 7.59. The van der Waals surface area contributed by atoms with Crippen LogP contribution in [-0.2, 0) is 14.8 Å². The number of rotatable bonds is 4. The first-order valence-electron chi connectivity index (χ1n) is 7.53. The Morgan fingerprint density at radius 1 is 1.28 bits per heavy atom. The fraction of sp³-hybridized carbons (Fsp3) is 0.333. The van der Waals surface area contributed by atoms with Gasteiger partial charge >= 0.3 is 0 Å². The summed E-state index contributed by atoms with van der Waals surface area (Å²) >= 11 is 13.3. The number of hydrogen-bond acceptors (Lipinski definition) is 5. The summed E-state index contributed by atoms with van der Waals surface area (Å²) in [7, 11) is -3.74. The Morgan fingerprint density at radius 2 is 2.00 bits per heavy atom. The highest BCUT2D eigenvalue weighted by Crippen LogP contribution is 2.30. The van der Waals surface area contributed by atoms with Crippen molar-refractivity contribution >= 4 is 55.6 Å². The molecule has 0 radical (unpaired) electrons. The van der Waals surface area contributed by atoms with Crippen LogP contribution in [0.25, 0.3) is 0 Å². The molecule has 0 unspecified atom stereocenters. The first-order chi connectivity index (χ1) is 11.9. The predicted molar refractivity (Wildman–Crippen MR) is 98.7 cm³/mol. The fourth-order valence-corrected chi connectivity index (χ4v) is 5.40. The zero-order valence-corrected chi connectivity index (χ0v) is 16.1. The first-order valence-corrected chi connectivity index (χ1v) is 10.6. The van der Waals surface area contributed by atoms with Gasteiger partial charge in [-0.1, -0.05) is 23.2 Å². The lowest BCUT2D eigenvalue weighted by Gasteiger charge is -2.30. The molecular formula is C15H15Cl2N3O3S2. The second-order valence-corrected chi connectivity index (χ2v) is 9.22. The highest BCUT2D eigenvalue weighted by molar-refractivity contribution is 7.89. The molecule has 1 saturated heterocycles. The molecule has 1 aliphatic rings. The quantitative estimate of drug-likeness (QED) is 0.822. The molecule has 2 heterocycles. The molecule has 1 aromatic carbocycles. The summed E-state index contributed by atoms with van der Waals surface area (Å²) in [6, 6.07) is 4.35. The molecule has 1 aliphatic heterocycles. The molecule has 2 aromatic rings. The molecule has 6 nitrogen and oxygen atoms in total. The number of amides is 1. The number of aromatic nitrogens is 1. The molecule has 25 heavy (non-hydrogen) atoms. The van der Waals surface area contributed by atoms with Crippen molar-refractivity contribution in [1.82, 2.24) is 9.29 Å². The first kappa shape index (κ1) is 18.6. The van der Waals surface area contributed by atoms with E-state index in [9.17, 15) is 13.2 Å². The third-order valence-electron chi connectivity index (χ3n) is 4.00. The lowest BCUT2D eigenvalue weighted by atomic mass is 9.97. The Bertz CT molecular complexity index is 864. The molecule has 0 spiro atoms. The van der Waals surface area contributed by atoms with Crippen LogP contribution in [0, 0.1) is 5.92 Å². The van der Waals surface area contributed by atoms with Gasteiger partial charge in [0.15, 0.2) is 5.13 Å². The van der Waals surface area contributed by atoms with Gasteiger partial charge in [-0.2, -0.15) is 4.31 Å². The van der Waals surface area contributed by atoms with Crippen molar-refractivity contribution in [3.05, 3.63) is 39.8 Å². The van der Waals surface area contributed by atoms with Crippen LogP contribution in [-0.4, -0.2) is 36.7 Å². The van der Waals surface area contributed by atoms with E-state index in [0.29, 0.717) is 23.0 Å². The number of nitrogens with one attached hydrogen (secondary N) is 1. The van der Waals surface area contributed by atoms with E-state index in [2.05, 4.69) is 10.3 Å². The Hall–Kier alpha value is -1.19. The maximum Gasteiger partial charge on any atom is 0.244 e. The summed E-state index contributed by atoms with van der Waals surface area (Å²) in [5.41, 5.74) is 0. The third-order valence-corrected chi connectivity index (χ3v) is 7.30. The van der Waals surface area contributed by atoms with Crippen LogP contribution in [0.5, 0.6) is 0 Å². The largest absolute Gasteiger partial charge is 0.302 e. The second-order valence-electron chi connectivity index (χ2n) is 5.58. The van der Waals surface area contributed by atoms with E-state index in [-0.39, 0.29) is 34.8 Å². The van der Waals surface area contributed by atoms with Crippen LogP contribution < -0.4 is 5.32 Å². The Balaban J connectivity index is 1.67. The Kier molecular flexibility index (Phi) is 5.65. The topological polar surface area (TPSA) is 79.4 Å². The van der Waals surface area contributed by atoms with E-state index in [1.54, 1.807) is 11.6 Å². The van der Waals surface area contributed by atoms with Crippen LogP contribution >= 0.6 is 34.5 Å². The van der Waals surface area contributed by atoms with Gasteiger partial charge in [-0.3, -0.25) is 4.79 Å². The molecule has 0 saturated carbocycles. The lowest BCUT2D eigenvalue weighted by Crippen LogP contribution is -2.41. The number of nitrogens with zero attached hydrogens (tertiary/aromatic N) is 2. The number of sulfonamides is 1. The molecule has 0 aliphatic carbocycles. The molecule has 0 atom stereocenters. The molecule has 1 amide bonds. The molecular weight excluding hydrogens is 405 g/mol. The SMILES string of the molecule is O=C(Nc1nccs1)C1CCN(S(=O)(=O)c2cc(Cl)ccc2Cl)CC1. The minimum absolute atomic E-state index is 0.00708. The van der Waals surface area contributed by atoms with Crippen molar-refractivity contribution in [1.29, 1.82) is 0 Å². The van der Waals surface area contributed by atoms with Gasteiger partial charge in [0, 0.05) is 35.6 Å². The van der Waals surface area contributed by atoms with Crippen molar-refractivity contribution in [3.63, 3.8) is 0 Å². The van der Waals surface area contributed by atoms with Gasteiger partial charge in [0.05, 0.1) is 5.02 Å². The standard InChI is InChI=1S/C15H15Cl2N3O3S2/c16-11-1-2-12(17)13(9-11)25(22,23)20-6-3-10(4-7-20)14(21)19-15-18-5-8-24-15/h1-2,5,8-10H,3-4,6-7H2,(H,18,19,21). The maximum absolute atomic E-state index is 12.8. The maximum atomic E-state index is 12.8. The molecule has 1 fully saturated rings. The number of thiazole rings is 1. The van der Waals surface area contributed by atoms with E-state index >= 15 is 0 Å². The van der Waals surface area contributed by atoms with Crippen molar-refractivity contribution in [2.75, 3.05) is 18.4 Å². The number of halogens is 2. The molecule has 1 aromatic heterocycles. The summed E-state index contributed by atoms with van der Waals surface area (Å²) in [6.07, 6.45) is 2.49. The van der Waals surface area contributed by atoms with Crippen LogP contribution in [0.2, 0.25) is 10.0 Å². The number of benzene rings is 1. The zero-order chi connectivity index (χ0) is 18.0. The van der Waals surface area contributed by atoms with Gasteiger partial charge in [-0.25, -0.2) is 13.4 Å². The summed E-state index contributed by atoms with van der Waals surface area (Å²) in [5.74, 6) is -0.377. The average molecular weight is 420 g/mol. The van der Waals surface area contributed by atoms with Gasteiger partial charge in [-0.05, 0) is 31.0 Å². The molecule has 3 rings (SSSR count). The normalized spacial score (nSPS) is 16.7. The van der Waals surface area contributed by atoms with Crippen molar-refractivity contribution in [3.8, 4) is 0 Å². The minimum Gasteiger partial charge on any atom is -0.302 e. The molecule has 1 N–H and O–H groups in total. The zero-order valence-electron chi connectivity index (χ0n) is 13.0. The molecule has 0 bridgehead atoms. The predicted octanol–water partition coefficient (Wildman–Crippen LogP) is 3.49.